The SMILES string of the molecule is Cc1cc(C(F)(F)F)nn1CC(=O)Nc1ccn(Cc2ccc(F)cc2Cl)n1. The molecule has 0 fully saturated rings. The summed E-state index contributed by atoms with van der Waals surface area (Å²) in [5, 5.41) is 10.3. The predicted octanol–water partition coefficient (Wildman–Crippen LogP) is 3.89. The number of nitrogens with zero attached hydrogens (tertiary/aromatic N) is 4. The molecular weight excluding hydrogens is 402 g/mol. The fourth-order valence-corrected chi connectivity index (χ4v) is 2.69. The minimum Gasteiger partial charge on any atom is -0.308 e. The first-order chi connectivity index (χ1) is 13.1. The van der Waals surface area contributed by atoms with E-state index in [9.17, 15) is 22.4 Å². The van der Waals surface area contributed by atoms with Crippen molar-refractivity contribution in [2.24, 2.45) is 0 Å². The van der Waals surface area contributed by atoms with Crippen LogP contribution in [0.4, 0.5) is 23.4 Å². The lowest BCUT2D eigenvalue weighted by Crippen LogP contribution is -2.21. The molecule has 6 nitrogen and oxygen atoms in total. The molecule has 3 rings (SSSR count). The first-order valence-corrected chi connectivity index (χ1v) is 8.38. The molecule has 1 aromatic carbocycles. The van der Waals surface area contributed by atoms with Gasteiger partial charge in [-0.25, -0.2) is 4.39 Å². The largest absolute Gasteiger partial charge is 0.435 e. The maximum Gasteiger partial charge on any atom is 0.435 e. The fourth-order valence-electron chi connectivity index (χ4n) is 2.47. The van der Waals surface area contributed by atoms with Gasteiger partial charge in [0, 0.05) is 23.0 Å². The van der Waals surface area contributed by atoms with E-state index < -0.39 is 30.1 Å². The van der Waals surface area contributed by atoms with E-state index in [-0.39, 0.29) is 23.1 Å². The van der Waals surface area contributed by atoms with Crippen molar-refractivity contribution in [1.29, 1.82) is 0 Å². The minimum absolute atomic E-state index is 0.207. The van der Waals surface area contributed by atoms with Gasteiger partial charge in [-0.1, -0.05) is 17.7 Å². The Balaban J connectivity index is 1.63. The lowest BCUT2D eigenvalue weighted by Gasteiger charge is -2.06. The van der Waals surface area contributed by atoms with Crippen molar-refractivity contribution in [3.8, 4) is 0 Å². The molecule has 0 unspecified atom stereocenters. The van der Waals surface area contributed by atoms with Gasteiger partial charge in [0.15, 0.2) is 11.5 Å². The van der Waals surface area contributed by atoms with E-state index in [1.54, 1.807) is 6.20 Å². The maximum atomic E-state index is 13.1. The number of halogens is 5. The summed E-state index contributed by atoms with van der Waals surface area (Å²) in [4.78, 5) is 12.1. The molecule has 0 bridgehead atoms. The van der Waals surface area contributed by atoms with Crippen molar-refractivity contribution in [2.45, 2.75) is 26.2 Å². The lowest BCUT2D eigenvalue weighted by molar-refractivity contribution is -0.141. The summed E-state index contributed by atoms with van der Waals surface area (Å²) in [5.74, 6) is -0.821. The van der Waals surface area contributed by atoms with E-state index in [0.29, 0.717) is 5.56 Å². The third-order valence-electron chi connectivity index (χ3n) is 3.82. The molecular formula is C17H14ClF4N5O. The zero-order valence-corrected chi connectivity index (χ0v) is 15.2. The Bertz CT molecular complexity index is 1010. The van der Waals surface area contributed by atoms with Gasteiger partial charge in [0.05, 0.1) is 6.54 Å². The van der Waals surface area contributed by atoms with Crippen molar-refractivity contribution in [1.82, 2.24) is 19.6 Å². The van der Waals surface area contributed by atoms with Crippen LogP contribution in [0.2, 0.25) is 5.02 Å². The van der Waals surface area contributed by atoms with Crippen LogP contribution in [0.3, 0.4) is 0 Å². The summed E-state index contributed by atoms with van der Waals surface area (Å²) in [5.41, 5.74) is -0.215. The number of aryl methyl sites for hydroxylation is 1. The van der Waals surface area contributed by atoms with Crippen molar-refractivity contribution in [3.05, 3.63) is 64.3 Å². The number of nitrogens with one attached hydrogen (secondary N) is 1. The Labute approximate surface area is 161 Å². The standard InChI is InChI=1S/C17H14ClF4N5O/c1-10-6-14(17(20,21)22)24-27(10)9-16(28)23-15-4-5-26(25-15)8-11-2-3-12(19)7-13(11)18/h2-7H,8-9H2,1H3,(H,23,25,28). The van der Waals surface area contributed by atoms with Crippen LogP contribution in [-0.2, 0) is 24.1 Å². The molecule has 0 aliphatic rings. The number of amides is 1. The molecule has 1 N–H and O–H groups in total. The predicted molar refractivity (Wildman–Crippen MR) is 93.3 cm³/mol. The summed E-state index contributed by atoms with van der Waals surface area (Å²) in [6.45, 7) is 1.29. The number of hydrogen-bond acceptors (Lipinski definition) is 3. The molecule has 2 heterocycles. The highest BCUT2D eigenvalue weighted by Crippen LogP contribution is 2.28. The fraction of sp³-hybridized carbons (Fsp3) is 0.235. The normalized spacial score (nSPS) is 11.6. The van der Waals surface area contributed by atoms with Crippen LogP contribution in [0, 0.1) is 12.7 Å². The summed E-state index contributed by atoms with van der Waals surface area (Å²) in [6.07, 6.45) is -3.00. The molecule has 3 aromatic rings. The molecule has 0 saturated heterocycles. The van der Waals surface area contributed by atoms with Gasteiger partial charge in [-0.2, -0.15) is 23.4 Å². The van der Waals surface area contributed by atoms with Crippen LogP contribution in [0.1, 0.15) is 17.0 Å². The van der Waals surface area contributed by atoms with E-state index in [1.165, 1.54) is 35.9 Å². The van der Waals surface area contributed by atoms with E-state index >= 15 is 0 Å². The molecule has 1 amide bonds. The molecule has 0 spiro atoms. The molecule has 28 heavy (non-hydrogen) atoms. The third-order valence-corrected chi connectivity index (χ3v) is 4.17. The third kappa shape index (κ3) is 4.69. The molecule has 11 heteroatoms. The van der Waals surface area contributed by atoms with Gasteiger partial charge in [0.1, 0.15) is 12.4 Å². The number of anilines is 1. The summed E-state index contributed by atoms with van der Waals surface area (Å²) < 4.78 is 53.6. The summed E-state index contributed by atoms with van der Waals surface area (Å²) in [6, 6.07) is 6.37. The summed E-state index contributed by atoms with van der Waals surface area (Å²) >= 11 is 5.97. The minimum atomic E-state index is -4.58. The smallest absolute Gasteiger partial charge is 0.308 e. The van der Waals surface area contributed by atoms with Crippen LogP contribution in [0.25, 0.3) is 0 Å². The van der Waals surface area contributed by atoms with Crippen molar-refractivity contribution >= 4 is 23.3 Å². The topological polar surface area (TPSA) is 64.7 Å². The number of benzene rings is 1. The Hall–Kier alpha value is -2.88. The zero-order chi connectivity index (χ0) is 20.5. The summed E-state index contributed by atoms with van der Waals surface area (Å²) in [7, 11) is 0. The van der Waals surface area contributed by atoms with Crippen LogP contribution >= 0.6 is 11.6 Å². The zero-order valence-electron chi connectivity index (χ0n) is 14.5. The van der Waals surface area contributed by atoms with Crippen molar-refractivity contribution in [3.63, 3.8) is 0 Å². The van der Waals surface area contributed by atoms with Gasteiger partial charge in [-0.15, -0.1) is 0 Å². The van der Waals surface area contributed by atoms with Gasteiger partial charge in [0.25, 0.3) is 0 Å². The van der Waals surface area contributed by atoms with Crippen LogP contribution in [0.15, 0.2) is 36.5 Å². The van der Waals surface area contributed by atoms with Gasteiger partial charge in [-0.05, 0) is 30.7 Å². The highest BCUT2D eigenvalue weighted by molar-refractivity contribution is 6.31. The number of alkyl halides is 3. The number of carbonyl (C=O) groups excluding carboxylic acids is 1. The van der Waals surface area contributed by atoms with Crippen LogP contribution < -0.4 is 5.32 Å². The molecule has 0 saturated carbocycles. The van der Waals surface area contributed by atoms with Gasteiger partial charge in [-0.3, -0.25) is 14.2 Å². The van der Waals surface area contributed by atoms with E-state index in [2.05, 4.69) is 15.5 Å². The monoisotopic (exact) mass is 415 g/mol. The first kappa shape index (κ1) is 19.9. The van der Waals surface area contributed by atoms with Gasteiger partial charge >= 0.3 is 6.18 Å². The number of aromatic nitrogens is 4. The van der Waals surface area contributed by atoms with E-state index in [1.807, 2.05) is 0 Å². The Kier molecular flexibility index (Phi) is 5.41. The molecule has 2 aromatic heterocycles. The van der Waals surface area contributed by atoms with Gasteiger partial charge in [0.2, 0.25) is 5.91 Å². The van der Waals surface area contributed by atoms with Crippen LogP contribution in [-0.4, -0.2) is 25.5 Å². The van der Waals surface area contributed by atoms with E-state index in [0.717, 1.165) is 10.7 Å². The van der Waals surface area contributed by atoms with E-state index in [4.69, 9.17) is 11.6 Å². The second-order valence-electron chi connectivity index (χ2n) is 6.01. The van der Waals surface area contributed by atoms with Crippen molar-refractivity contribution < 1.29 is 22.4 Å². The molecule has 0 aliphatic heterocycles. The molecule has 148 valence electrons. The Morgan fingerprint density at radius 3 is 2.61 bits per heavy atom. The Morgan fingerprint density at radius 2 is 1.96 bits per heavy atom. The molecule has 0 atom stereocenters. The average molecular weight is 416 g/mol. The average Bonchev–Trinajstić information content (AvgIpc) is 3.17. The number of hydrogen-bond donors (Lipinski definition) is 1. The molecule has 0 radical (unpaired) electrons. The number of rotatable bonds is 5. The highest BCUT2D eigenvalue weighted by Gasteiger charge is 2.34. The Morgan fingerprint density at radius 1 is 1.21 bits per heavy atom. The quantitative estimate of drug-likeness (QED) is 0.643. The first-order valence-electron chi connectivity index (χ1n) is 8.01. The van der Waals surface area contributed by atoms with Crippen molar-refractivity contribution in [2.75, 3.05) is 5.32 Å². The second-order valence-corrected chi connectivity index (χ2v) is 6.42. The van der Waals surface area contributed by atoms with Crippen LogP contribution in [0.5, 0.6) is 0 Å². The molecule has 0 aliphatic carbocycles. The lowest BCUT2D eigenvalue weighted by atomic mass is 10.2. The number of carbonyl (C=O) groups is 1. The second kappa shape index (κ2) is 7.63. The highest BCUT2D eigenvalue weighted by atomic mass is 35.5. The maximum absolute atomic E-state index is 13.1. The van der Waals surface area contributed by atoms with Gasteiger partial charge < -0.3 is 5.32 Å².